The first-order valence-corrected chi connectivity index (χ1v) is 4.57. The molecule has 2 rings (SSSR count). The summed E-state index contributed by atoms with van der Waals surface area (Å²) in [5.74, 6) is -1.03. The highest BCUT2D eigenvalue weighted by Gasteiger charge is 2.34. The van der Waals surface area contributed by atoms with Crippen molar-refractivity contribution in [2.24, 2.45) is 0 Å². The van der Waals surface area contributed by atoms with E-state index in [-0.39, 0.29) is 11.9 Å². The van der Waals surface area contributed by atoms with E-state index in [1.165, 1.54) is 13.2 Å². The molecule has 0 radical (unpaired) electrons. The van der Waals surface area contributed by atoms with Crippen molar-refractivity contribution in [3.63, 3.8) is 0 Å². The highest BCUT2D eigenvalue weighted by atomic mass is 19.1. The maximum atomic E-state index is 13.5. The first kappa shape index (κ1) is 10.3. The summed E-state index contributed by atoms with van der Waals surface area (Å²) in [6, 6.07) is 1.60. The molecule has 1 aliphatic rings. The molecule has 3 nitrogen and oxygen atoms in total. The molecule has 1 aliphatic heterocycles. The summed E-state index contributed by atoms with van der Waals surface area (Å²) in [7, 11) is 1.44. The number of hydrogen-bond acceptors (Lipinski definition) is 3. The van der Waals surface area contributed by atoms with Gasteiger partial charge in [0.25, 0.3) is 0 Å². The molecule has 1 aromatic carbocycles. The normalized spacial score (nSPS) is 23.7. The lowest BCUT2D eigenvalue weighted by atomic mass is 10.0. The summed E-state index contributed by atoms with van der Waals surface area (Å²) in [4.78, 5) is 4.75. The summed E-state index contributed by atoms with van der Waals surface area (Å²) >= 11 is 0. The predicted molar refractivity (Wildman–Crippen MR) is 49.3 cm³/mol. The van der Waals surface area contributed by atoms with Gasteiger partial charge in [0.2, 0.25) is 0 Å². The lowest BCUT2D eigenvalue weighted by Gasteiger charge is -2.14. The SMILES string of the molecule is CONC1c2c(F)cc(F)cc2OC1C. The van der Waals surface area contributed by atoms with E-state index in [0.717, 1.165) is 6.07 Å². The van der Waals surface area contributed by atoms with Crippen LogP contribution in [-0.4, -0.2) is 13.2 Å². The number of hydrogen-bond donors (Lipinski definition) is 1. The highest BCUT2D eigenvalue weighted by Crippen LogP contribution is 2.38. The average molecular weight is 215 g/mol. The second-order valence-corrected chi connectivity index (χ2v) is 3.42. The topological polar surface area (TPSA) is 30.5 Å². The van der Waals surface area contributed by atoms with Crippen molar-refractivity contribution in [2.45, 2.75) is 19.1 Å². The number of fused-ring (bicyclic) bond motifs is 1. The van der Waals surface area contributed by atoms with E-state index in [1.807, 2.05) is 0 Å². The first-order valence-electron chi connectivity index (χ1n) is 4.57. The van der Waals surface area contributed by atoms with Crippen LogP contribution in [0.15, 0.2) is 12.1 Å². The van der Waals surface area contributed by atoms with Crippen molar-refractivity contribution in [3.05, 3.63) is 29.3 Å². The Labute approximate surface area is 85.9 Å². The van der Waals surface area contributed by atoms with Crippen LogP contribution in [0.25, 0.3) is 0 Å². The molecule has 1 N–H and O–H groups in total. The fourth-order valence-corrected chi connectivity index (χ4v) is 1.75. The van der Waals surface area contributed by atoms with Crippen LogP contribution in [0.4, 0.5) is 8.78 Å². The van der Waals surface area contributed by atoms with Gasteiger partial charge in [-0.2, -0.15) is 5.48 Å². The van der Waals surface area contributed by atoms with E-state index < -0.39 is 17.7 Å². The Kier molecular flexibility index (Phi) is 2.58. The first-order chi connectivity index (χ1) is 7.13. The van der Waals surface area contributed by atoms with Crippen LogP contribution in [0.5, 0.6) is 5.75 Å². The summed E-state index contributed by atoms with van der Waals surface area (Å²) in [6.07, 6.45) is -0.295. The third kappa shape index (κ3) is 1.68. The van der Waals surface area contributed by atoms with Gasteiger partial charge in [-0.25, -0.2) is 8.78 Å². The molecule has 15 heavy (non-hydrogen) atoms. The van der Waals surface area contributed by atoms with Gasteiger partial charge < -0.3 is 9.57 Å². The largest absolute Gasteiger partial charge is 0.488 e. The van der Waals surface area contributed by atoms with E-state index in [4.69, 9.17) is 9.57 Å². The Morgan fingerprint density at radius 2 is 2.13 bits per heavy atom. The maximum absolute atomic E-state index is 13.5. The minimum atomic E-state index is -0.642. The van der Waals surface area contributed by atoms with E-state index in [2.05, 4.69) is 5.48 Å². The summed E-state index contributed by atoms with van der Waals surface area (Å²) in [5, 5.41) is 0. The van der Waals surface area contributed by atoms with Crippen LogP contribution in [0, 0.1) is 11.6 Å². The van der Waals surface area contributed by atoms with E-state index in [9.17, 15) is 8.78 Å². The third-order valence-corrected chi connectivity index (χ3v) is 2.39. The van der Waals surface area contributed by atoms with Gasteiger partial charge in [0.05, 0.1) is 12.7 Å². The summed E-state index contributed by atoms with van der Waals surface area (Å²) in [5.41, 5.74) is 2.93. The summed E-state index contributed by atoms with van der Waals surface area (Å²) < 4.78 is 31.7. The zero-order valence-corrected chi connectivity index (χ0v) is 8.38. The van der Waals surface area contributed by atoms with Gasteiger partial charge in [0, 0.05) is 12.1 Å². The van der Waals surface area contributed by atoms with Crippen LogP contribution in [0.1, 0.15) is 18.5 Å². The van der Waals surface area contributed by atoms with Crippen molar-refractivity contribution < 1.29 is 18.4 Å². The number of rotatable bonds is 2. The molecule has 0 spiro atoms. The molecule has 2 atom stereocenters. The fraction of sp³-hybridized carbons (Fsp3) is 0.400. The van der Waals surface area contributed by atoms with Gasteiger partial charge in [-0.15, -0.1) is 0 Å². The minimum Gasteiger partial charge on any atom is -0.488 e. The van der Waals surface area contributed by atoms with Gasteiger partial charge in [-0.05, 0) is 6.92 Å². The molecule has 0 aliphatic carbocycles. The van der Waals surface area contributed by atoms with Crippen LogP contribution < -0.4 is 10.2 Å². The van der Waals surface area contributed by atoms with Crippen molar-refractivity contribution in [2.75, 3.05) is 7.11 Å². The molecule has 0 saturated carbocycles. The Morgan fingerprint density at radius 3 is 2.80 bits per heavy atom. The molecule has 0 bridgehead atoms. The quantitative estimate of drug-likeness (QED) is 0.765. The van der Waals surface area contributed by atoms with Gasteiger partial charge in [-0.1, -0.05) is 0 Å². The molecule has 0 fully saturated rings. The smallest absolute Gasteiger partial charge is 0.134 e. The number of halogens is 2. The van der Waals surface area contributed by atoms with E-state index >= 15 is 0 Å². The molecule has 82 valence electrons. The van der Waals surface area contributed by atoms with Crippen molar-refractivity contribution in [1.82, 2.24) is 5.48 Å². The average Bonchev–Trinajstić information content (AvgIpc) is 2.43. The number of ether oxygens (including phenoxy) is 1. The molecule has 0 aromatic heterocycles. The molecule has 2 unspecified atom stereocenters. The van der Waals surface area contributed by atoms with Gasteiger partial charge in [0.1, 0.15) is 29.5 Å². The highest BCUT2D eigenvalue weighted by molar-refractivity contribution is 5.41. The van der Waals surface area contributed by atoms with Gasteiger partial charge in [-0.3, -0.25) is 0 Å². The second-order valence-electron chi connectivity index (χ2n) is 3.42. The van der Waals surface area contributed by atoms with E-state index in [1.54, 1.807) is 6.92 Å². The van der Waals surface area contributed by atoms with Crippen LogP contribution in [0.2, 0.25) is 0 Å². The summed E-state index contributed by atoms with van der Waals surface area (Å²) in [6.45, 7) is 1.76. The lowest BCUT2D eigenvalue weighted by Crippen LogP contribution is -2.28. The molecular formula is C10H11F2NO2. The molecule has 0 amide bonds. The van der Waals surface area contributed by atoms with Gasteiger partial charge in [0.15, 0.2) is 0 Å². The fourth-order valence-electron chi connectivity index (χ4n) is 1.75. The van der Waals surface area contributed by atoms with Crippen LogP contribution in [-0.2, 0) is 4.84 Å². The zero-order valence-electron chi connectivity index (χ0n) is 8.38. The number of nitrogens with one attached hydrogen (secondary N) is 1. The molecule has 1 heterocycles. The Bertz CT molecular complexity index is 384. The zero-order chi connectivity index (χ0) is 11.0. The van der Waals surface area contributed by atoms with Crippen molar-refractivity contribution in [1.29, 1.82) is 0 Å². The molecule has 5 heteroatoms. The number of benzene rings is 1. The second kappa shape index (κ2) is 3.75. The monoisotopic (exact) mass is 215 g/mol. The van der Waals surface area contributed by atoms with Crippen molar-refractivity contribution >= 4 is 0 Å². The molecule has 0 saturated heterocycles. The Morgan fingerprint density at radius 1 is 1.40 bits per heavy atom. The molecular weight excluding hydrogens is 204 g/mol. The predicted octanol–water partition coefficient (Wildman–Crippen LogP) is 1.94. The standard InChI is InChI=1S/C10H11F2NO2/c1-5-10(13-14-2)9-7(12)3-6(11)4-8(9)15-5/h3-5,10,13H,1-2H3. The molecule has 1 aromatic rings. The number of hydroxylamine groups is 1. The lowest BCUT2D eigenvalue weighted by molar-refractivity contribution is 0.0332. The van der Waals surface area contributed by atoms with Crippen LogP contribution in [0.3, 0.4) is 0 Å². The Balaban J connectivity index is 2.43. The minimum absolute atomic E-state index is 0.231. The van der Waals surface area contributed by atoms with E-state index in [0.29, 0.717) is 5.56 Å². The maximum Gasteiger partial charge on any atom is 0.134 e. The van der Waals surface area contributed by atoms with Crippen LogP contribution >= 0.6 is 0 Å². The van der Waals surface area contributed by atoms with Crippen molar-refractivity contribution in [3.8, 4) is 5.75 Å². The third-order valence-electron chi connectivity index (χ3n) is 2.39. The van der Waals surface area contributed by atoms with Gasteiger partial charge >= 0.3 is 0 Å². The Hall–Kier alpha value is -1.20.